The van der Waals surface area contributed by atoms with Gasteiger partial charge in [0.15, 0.2) is 17.2 Å². The first kappa shape index (κ1) is 27.8. The van der Waals surface area contributed by atoms with Crippen LogP contribution >= 0.6 is 0 Å². The van der Waals surface area contributed by atoms with Crippen LogP contribution in [0.3, 0.4) is 0 Å². The van der Waals surface area contributed by atoms with Gasteiger partial charge in [0.1, 0.15) is 11.5 Å². The molecule has 0 fully saturated rings. The van der Waals surface area contributed by atoms with Gasteiger partial charge in [-0.3, -0.25) is 4.40 Å². The summed E-state index contributed by atoms with van der Waals surface area (Å²) < 4.78 is 66.5. The number of aliphatic hydroxyl groups excluding tert-OH is 1. The van der Waals surface area contributed by atoms with Crippen molar-refractivity contribution >= 4 is 16.9 Å². The Kier molecular flexibility index (Phi) is 8.65. The van der Waals surface area contributed by atoms with Gasteiger partial charge in [-0.05, 0) is 42.7 Å². The topological polar surface area (TPSA) is 68.0 Å². The van der Waals surface area contributed by atoms with Gasteiger partial charge in [-0.25, -0.2) is 22.5 Å². The molecule has 1 atom stereocenters. The summed E-state index contributed by atoms with van der Waals surface area (Å²) in [5.41, 5.74) is 3.21. The molecule has 6 nitrogen and oxygen atoms in total. The van der Waals surface area contributed by atoms with Crippen LogP contribution < -0.4 is 14.8 Å². The maximum Gasteiger partial charge on any atom is 0.247 e. The molecule has 2 aromatic heterocycles. The Bertz CT molecular complexity index is 1330. The zero-order chi connectivity index (χ0) is 27.3. The van der Waals surface area contributed by atoms with E-state index in [-0.39, 0.29) is 30.4 Å². The van der Waals surface area contributed by atoms with Crippen molar-refractivity contribution in [2.75, 3.05) is 18.5 Å². The standard InChI is InChI=1S/C27H29F4N3O3/c1-16(18(3)15-35)10-17(2)24-13-33-26-23(32-9-8-27(5,30)31)12-21(14-34(24)26)37-20-6-7-25(22(29)11-20)36-19(4)28/h6-7,10-14,19,32,35H,2-3,8-9,15H2,1,4-5H3. The fourth-order valence-electron chi connectivity index (χ4n) is 3.42. The molecule has 10 heteroatoms. The van der Waals surface area contributed by atoms with E-state index in [0.717, 1.165) is 25.5 Å². The van der Waals surface area contributed by atoms with E-state index in [0.29, 0.717) is 28.2 Å². The van der Waals surface area contributed by atoms with E-state index in [1.807, 2.05) is 0 Å². The summed E-state index contributed by atoms with van der Waals surface area (Å²) in [6, 6.07) is 5.26. The molecular weight excluding hydrogens is 490 g/mol. The highest BCUT2D eigenvalue weighted by Crippen LogP contribution is 2.32. The maximum atomic E-state index is 14.3. The summed E-state index contributed by atoms with van der Waals surface area (Å²) in [4.78, 5) is 4.41. The van der Waals surface area contributed by atoms with Crippen molar-refractivity contribution in [3.8, 4) is 17.2 Å². The highest BCUT2D eigenvalue weighted by atomic mass is 19.3. The number of nitrogens with zero attached hydrogens (tertiary/aromatic N) is 2. The Balaban J connectivity index is 2.00. The monoisotopic (exact) mass is 519 g/mol. The zero-order valence-corrected chi connectivity index (χ0v) is 20.8. The molecule has 0 aliphatic rings. The van der Waals surface area contributed by atoms with Crippen LogP contribution in [0.25, 0.3) is 11.2 Å². The molecule has 1 aromatic carbocycles. The predicted molar refractivity (Wildman–Crippen MR) is 136 cm³/mol. The lowest BCUT2D eigenvalue weighted by Gasteiger charge is -2.15. The lowest BCUT2D eigenvalue weighted by Crippen LogP contribution is -2.16. The molecule has 2 heterocycles. The van der Waals surface area contributed by atoms with Crippen LogP contribution in [0.1, 0.15) is 32.9 Å². The number of nitrogens with one attached hydrogen (secondary N) is 1. The van der Waals surface area contributed by atoms with E-state index in [2.05, 4.69) is 23.5 Å². The van der Waals surface area contributed by atoms with Crippen molar-refractivity contribution in [1.29, 1.82) is 0 Å². The van der Waals surface area contributed by atoms with Crippen LogP contribution in [-0.4, -0.2) is 39.9 Å². The largest absolute Gasteiger partial charge is 0.458 e. The SMILES string of the molecule is C=C(CO)C(C)=CC(=C)c1cnc2c(NCCC(C)(F)F)cc(Oc3ccc(OC(C)F)c(F)c3)cn12. The van der Waals surface area contributed by atoms with E-state index in [1.165, 1.54) is 12.1 Å². The summed E-state index contributed by atoms with van der Waals surface area (Å²) >= 11 is 0. The normalized spacial score (nSPS) is 12.9. The number of ether oxygens (including phenoxy) is 2. The predicted octanol–water partition coefficient (Wildman–Crippen LogP) is 6.93. The average molecular weight is 520 g/mol. The van der Waals surface area contributed by atoms with E-state index in [9.17, 15) is 22.7 Å². The molecule has 3 rings (SSSR count). The second-order valence-electron chi connectivity index (χ2n) is 8.64. The number of aromatic nitrogens is 2. The lowest BCUT2D eigenvalue weighted by molar-refractivity contribution is 0.0167. The number of alkyl halides is 3. The van der Waals surface area contributed by atoms with Gasteiger partial charge in [0.2, 0.25) is 12.3 Å². The van der Waals surface area contributed by atoms with Crippen LogP contribution in [0, 0.1) is 5.82 Å². The summed E-state index contributed by atoms with van der Waals surface area (Å²) in [5.74, 6) is -3.58. The van der Waals surface area contributed by atoms with Crippen LogP contribution in [-0.2, 0) is 0 Å². The first-order valence-electron chi connectivity index (χ1n) is 11.5. The number of benzene rings is 1. The van der Waals surface area contributed by atoms with Crippen molar-refractivity contribution in [2.45, 2.75) is 39.5 Å². The Hall–Kier alpha value is -3.79. The molecule has 0 aliphatic heterocycles. The second kappa shape index (κ2) is 11.5. The second-order valence-corrected chi connectivity index (χ2v) is 8.64. The Labute approximate surface area is 212 Å². The molecule has 0 saturated carbocycles. The molecule has 0 saturated heterocycles. The van der Waals surface area contributed by atoms with Crippen molar-refractivity contribution < 1.29 is 32.1 Å². The number of halogens is 4. The first-order valence-corrected chi connectivity index (χ1v) is 11.5. The van der Waals surface area contributed by atoms with Gasteiger partial charge in [-0.1, -0.05) is 19.2 Å². The molecule has 2 N–H and O–H groups in total. The number of hydrogen-bond acceptors (Lipinski definition) is 5. The summed E-state index contributed by atoms with van der Waals surface area (Å²) in [5, 5.41) is 12.3. The fourth-order valence-corrected chi connectivity index (χ4v) is 3.42. The molecule has 37 heavy (non-hydrogen) atoms. The van der Waals surface area contributed by atoms with Crippen molar-refractivity contribution in [2.24, 2.45) is 0 Å². The highest BCUT2D eigenvalue weighted by Gasteiger charge is 2.21. The minimum atomic E-state index is -2.86. The third-order valence-corrected chi connectivity index (χ3v) is 5.36. The number of rotatable bonds is 12. The highest BCUT2D eigenvalue weighted by molar-refractivity contribution is 5.77. The first-order chi connectivity index (χ1) is 17.4. The fraction of sp³-hybridized carbons (Fsp3) is 0.296. The number of allylic oxidation sites excluding steroid dienone is 2. The van der Waals surface area contributed by atoms with Crippen LogP contribution in [0.5, 0.6) is 17.2 Å². The van der Waals surface area contributed by atoms with Crippen molar-refractivity contribution in [1.82, 2.24) is 9.38 Å². The number of fused-ring (bicyclic) bond motifs is 1. The van der Waals surface area contributed by atoms with Gasteiger partial charge in [0.25, 0.3) is 0 Å². The quantitative estimate of drug-likeness (QED) is 0.201. The van der Waals surface area contributed by atoms with E-state index in [4.69, 9.17) is 9.47 Å². The number of aliphatic hydroxyl groups is 1. The molecule has 3 aromatic rings. The lowest BCUT2D eigenvalue weighted by atomic mass is 10.1. The number of hydrogen-bond donors (Lipinski definition) is 2. The number of anilines is 1. The third-order valence-electron chi connectivity index (χ3n) is 5.36. The Morgan fingerprint density at radius 1 is 1.27 bits per heavy atom. The van der Waals surface area contributed by atoms with Gasteiger partial charge in [-0.15, -0.1) is 0 Å². The summed E-state index contributed by atoms with van der Waals surface area (Å²) in [6.45, 7) is 11.4. The Morgan fingerprint density at radius 2 is 2.00 bits per heavy atom. The van der Waals surface area contributed by atoms with Crippen LogP contribution in [0.4, 0.5) is 23.2 Å². The van der Waals surface area contributed by atoms with Crippen LogP contribution in [0.2, 0.25) is 0 Å². The molecule has 0 bridgehead atoms. The van der Waals surface area contributed by atoms with Crippen LogP contribution in [0.15, 0.2) is 67.0 Å². The van der Waals surface area contributed by atoms with Crippen molar-refractivity contribution in [3.05, 3.63) is 78.6 Å². The maximum absolute atomic E-state index is 14.3. The average Bonchev–Trinajstić information content (AvgIpc) is 3.23. The smallest absolute Gasteiger partial charge is 0.247 e. The molecule has 0 aliphatic carbocycles. The van der Waals surface area contributed by atoms with Gasteiger partial charge in [0.05, 0.1) is 30.4 Å². The summed E-state index contributed by atoms with van der Waals surface area (Å²) in [6.07, 6.45) is 2.80. The Morgan fingerprint density at radius 3 is 2.62 bits per heavy atom. The van der Waals surface area contributed by atoms with E-state index in [1.54, 1.807) is 35.9 Å². The van der Waals surface area contributed by atoms with E-state index < -0.39 is 24.5 Å². The molecule has 198 valence electrons. The molecule has 0 amide bonds. The van der Waals surface area contributed by atoms with Gasteiger partial charge < -0.3 is 19.9 Å². The molecule has 0 radical (unpaired) electrons. The number of imidazole rings is 1. The molecule has 1 unspecified atom stereocenters. The molecular formula is C27H29F4N3O3. The number of pyridine rings is 1. The van der Waals surface area contributed by atoms with Crippen molar-refractivity contribution in [3.63, 3.8) is 0 Å². The van der Waals surface area contributed by atoms with Gasteiger partial charge in [0, 0.05) is 32.0 Å². The van der Waals surface area contributed by atoms with E-state index >= 15 is 0 Å². The molecule has 0 spiro atoms. The third kappa shape index (κ3) is 7.36. The minimum Gasteiger partial charge on any atom is -0.458 e. The minimum absolute atomic E-state index is 0.0385. The summed E-state index contributed by atoms with van der Waals surface area (Å²) in [7, 11) is 0. The van der Waals surface area contributed by atoms with Gasteiger partial charge in [-0.2, -0.15) is 0 Å². The van der Waals surface area contributed by atoms with Gasteiger partial charge >= 0.3 is 0 Å². The zero-order valence-electron chi connectivity index (χ0n) is 20.8.